The lowest BCUT2D eigenvalue weighted by molar-refractivity contribution is 0.0934. The van der Waals surface area contributed by atoms with Crippen LogP contribution in [0.4, 0.5) is 4.79 Å². The fraction of sp³-hybridized carbons (Fsp3) is 0.333. The molecule has 0 aromatic carbocycles. The molecule has 1 heterocycles. The van der Waals surface area contributed by atoms with Crippen LogP contribution in [-0.2, 0) is 4.74 Å². The van der Waals surface area contributed by atoms with Gasteiger partial charge in [-0.15, -0.1) is 0 Å². The normalized spacial score (nSPS) is 27.5. The monoisotopic (exact) mass is 235 g/mol. The number of nitrogens with zero attached hydrogens (tertiary/aromatic N) is 1. The van der Waals surface area contributed by atoms with Crippen molar-refractivity contribution in [2.24, 2.45) is 0 Å². The van der Waals surface area contributed by atoms with E-state index >= 15 is 0 Å². The second kappa shape index (κ2) is 3.56. The molecule has 2 aliphatic rings. The van der Waals surface area contributed by atoms with E-state index in [1.54, 1.807) is 0 Å². The van der Waals surface area contributed by atoms with Crippen molar-refractivity contribution in [1.29, 1.82) is 0 Å². The van der Waals surface area contributed by atoms with E-state index in [2.05, 4.69) is 6.58 Å². The van der Waals surface area contributed by atoms with Crippen molar-refractivity contribution in [3.63, 3.8) is 0 Å². The highest BCUT2D eigenvalue weighted by molar-refractivity contribution is 7.80. The SMILES string of the molecule is C=C1N(C2C=CC=CC2=S)C(=O)OC1(C)C. The van der Waals surface area contributed by atoms with E-state index in [1.165, 1.54) is 4.90 Å². The summed E-state index contributed by atoms with van der Waals surface area (Å²) in [5.41, 5.74) is -0.00776. The molecule has 1 fully saturated rings. The van der Waals surface area contributed by atoms with Crippen molar-refractivity contribution in [3.8, 4) is 0 Å². The maximum Gasteiger partial charge on any atom is 0.415 e. The van der Waals surface area contributed by atoms with Gasteiger partial charge < -0.3 is 4.74 Å². The summed E-state index contributed by atoms with van der Waals surface area (Å²) >= 11 is 5.22. The summed E-state index contributed by atoms with van der Waals surface area (Å²) in [7, 11) is 0. The number of amides is 1. The highest BCUT2D eigenvalue weighted by Gasteiger charge is 2.45. The van der Waals surface area contributed by atoms with Crippen molar-refractivity contribution in [1.82, 2.24) is 4.90 Å². The zero-order chi connectivity index (χ0) is 11.9. The van der Waals surface area contributed by atoms with Crippen LogP contribution >= 0.6 is 12.2 Å². The fourth-order valence-corrected chi connectivity index (χ4v) is 2.00. The molecule has 1 amide bonds. The van der Waals surface area contributed by atoms with E-state index in [9.17, 15) is 4.79 Å². The summed E-state index contributed by atoms with van der Waals surface area (Å²) in [6.07, 6.45) is 7.02. The molecule has 84 valence electrons. The van der Waals surface area contributed by atoms with E-state index in [4.69, 9.17) is 17.0 Å². The third-order valence-corrected chi connectivity index (χ3v) is 3.14. The van der Waals surface area contributed by atoms with Crippen LogP contribution in [-0.4, -0.2) is 27.5 Å². The first kappa shape index (κ1) is 11.1. The molecule has 0 aromatic rings. The summed E-state index contributed by atoms with van der Waals surface area (Å²) in [5.74, 6) is 0. The van der Waals surface area contributed by atoms with Crippen LogP contribution in [0.15, 0.2) is 36.6 Å². The van der Waals surface area contributed by atoms with Crippen LogP contribution in [0.2, 0.25) is 0 Å². The van der Waals surface area contributed by atoms with Crippen LogP contribution in [0.1, 0.15) is 13.8 Å². The zero-order valence-electron chi connectivity index (χ0n) is 9.27. The van der Waals surface area contributed by atoms with Gasteiger partial charge >= 0.3 is 6.09 Å². The first-order valence-electron chi connectivity index (χ1n) is 5.04. The highest BCUT2D eigenvalue weighted by Crippen LogP contribution is 2.34. The van der Waals surface area contributed by atoms with E-state index in [-0.39, 0.29) is 12.1 Å². The fourth-order valence-electron chi connectivity index (χ4n) is 1.73. The predicted molar refractivity (Wildman–Crippen MR) is 66.2 cm³/mol. The highest BCUT2D eigenvalue weighted by atomic mass is 32.1. The van der Waals surface area contributed by atoms with Crippen molar-refractivity contribution in [3.05, 3.63) is 36.6 Å². The van der Waals surface area contributed by atoms with Crippen molar-refractivity contribution in [2.45, 2.75) is 25.5 Å². The molecule has 1 atom stereocenters. The Hall–Kier alpha value is -1.42. The summed E-state index contributed by atoms with van der Waals surface area (Å²) < 4.78 is 5.24. The molecule has 4 heteroatoms. The molecule has 0 spiro atoms. The number of ether oxygens (including phenoxy) is 1. The molecule has 0 radical (unpaired) electrons. The third-order valence-electron chi connectivity index (χ3n) is 2.76. The number of carbonyl (C=O) groups is 1. The molecule has 1 unspecified atom stereocenters. The largest absolute Gasteiger partial charge is 0.437 e. The first-order chi connectivity index (χ1) is 7.43. The Morgan fingerprint density at radius 3 is 2.69 bits per heavy atom. The number of hydrogen-bond acceptors (Lipinski definition) is 3. The second-order valence-corrected chi connectivity index (χ2v) is 4.76. The van der Waals surface area contributed by atoms with Gasteiger partial charge in [-0.2, -0.15) is 0 Å². The molecule has 1 aliphatic heterocycles. The van der Waals surface area contributed by atoms with Crippen LogP contribution in [0.25, 0.3) is 0 Å². The Balaban J connectivity index is 2.32. The van der Waals surface area contributed by atoms with Gasteiger partial charge in [0.2, 0.25) is 0 Å². The first-order valence-corrected chi connectivity index (χ1v) is 5.44. The molecule has 0 saturated carbocycles. The van der Waals surface area contributed by atoms with Crippen LogP contribution in [0, 0.1) is 0 Å². The molecule has 1 aliphatic carbocycles. The molecule has 0 aromatic heterocycles. The molecule has 0 N–H and O–H groups in total. The third kappa shape index (κ3) is 1.59. The molecular weight excluding hydrogens is 222 g/mol. The smallest absolute Gasteiger partial charge is 0.415 e. The average molecular weight is 235 g/mol. The Morgan fingerprint density at radius 1 is 1.50 bits per heavy atom. The van der Waals surface area contributed by atoms with Crippen molar-refractivity contribution < 1.29 is 9.53 Å². The van der Waals surface area contributed by atoms with E-state index in [0.717, 1.165) is 0 Å². The minimum absolute atomic E-state index is 0.248. The summed E-state index contributed by atoms with van der Waals surface area (Å²) in [6, 6.07) is -0.248. The summed E-state index contributed by atoms with van der Waals surface area (Å²) in [4.78, 5) is 14.0. The van der Waals surface area contributed by atoms with Crippen molar-refractivity contribution >= 4 is 23.2 Å². The van der Waals surface area contributed by atoms with Crippen LogP contribution in [0.3, 0.4) is 0 Å². The Labute approximate surface area is 100 Å². The van der Waals surface area contributed by atoms with Gasteiger partial charge in [-0.3, -0.25) is 4.90 Å². The molecule has 3 nitrogen and oxygen atoms in total. The second-order valence-electron chi connectivity index (χ2n) is 4.29. The number of hydrogen-bond donors (Lipinski definition) is 0. The quantitative estimate of drug-likeness (QED) is 0.654. The Morgan fingerprint density at radius 2 is 2.19 bits per heavy atom. The standard InChI is InChI=1S/C12H13NO2S/c1-8-12(2,3)15-11(14)13(8)9-6-4-5-7-10(9)16/h4-7,9H,1H2,2-3H3. The lowest BCUT2D eigenvalue weighted by atomic mass is 10.0. The van der Waals surface area contributed by atoms with E-state index < -0.39 is 5.60 Å². The number of allylic oxidation sites excluding steroid dienone is 2. The van der Waals surface area contributed by atoms with Gasteiger partial charge in [0.25, 0.3) is 0 Å². The van der Waals surface area contributed by atoms with Gasteiger partial charge in [-0.1, -0.05) is 37.0 Å². The van der Waals surface area contributed by atoms with Gasteiger partial charge in [0.1, 0.15) is 5.60 Å². The van der Waals surface area contributed by atoms with Crippen LogP contribution < -0.4 is 0 Å². The number of rotatable bonds is 1. The average Bonchev–Trinajstić information content (AvgIpc) is 2.39. The number of cyclic esters (lactones) is 1. The number of thiocarbonyl (C=S) groups is 1. The Kier molecular flexibility index (Phi) is 2.46. The summed E-state index contributed by atoms with van der Waals surface area (Å²) in [6.45, 7) is 7.55. The van der Waals surface area contributed by atoms with Gasteiger partial charge in [0.15, 0.2) is 0 Å². The molecule has 16 heavy (non-hydrogen) atoms. The predicted octanol–water partition coefficient (Wildman–Crippen LogP) is 2.60. The van der Waals surface area contributed by atoms with Gasteiger partial charge in [0.05, 0.1) is 11.7 Å². The lowest BCUT2D eigenvalue weighted by Gasteiger charge is -2.26. The molecule has 2 rings (SSSR count). The molecular formula is C12H13NO2S. The minimum Gasteiger partial charge on any atom is -0.437 e. The van der Waals surface area contributed by atoms with Gasteiger partial charge in [0, 0.05) is 4.86 Å². The van der Waals surface area contributed by atoms with E-state index in [1.807, 2.05) is 38.2 Å². The van der Waals surface area contributed by atoms with Crippen LogP contribution in [0.5, 0.6) is 0 Å². The van der Waals surface area contributed by atoms with E-state index in [0.29, 0.717) is 10.6 Å². The zero-order valence-corrected chi connectivity index (χ0v) is 10.1. The summed E-state index contributed by atoms with van der Waals surface area (Å²) in [5, 5.41) is 0. The number of carbonyl (C=O) groups excluding carboxylic acids is 1. The van der Waals surface area contributed by atoms with Gasteiger partial charge in [-0.05, 0) is 19.9 Å². The maximum atomic E-state index is 11.8. The topological polar surface area (TPSA) is 29.5 Å². The maximum absolute atomic E-state index is 11.8. The lowest BCUT2D eigenvalue weighted by Crippen LogP contribution is -2.39. The molecule has 0 bridgehead atoms. The Bertz CT molecular complexity index is 434. The van der Waals surface area contributed by atoms with Crippen molar-refractivity contribution in [2.75, 3.05) is 0 Å². The minimum atomic E-state index is -0.651. The van der Waals surface area contributed by atoms with Gasteiger partial charge in [-0.25, -0.2) is 4.79 Å². The molecule has 1 saturated heterocycles.